The highest BCUT2D eigenvalue weighted by Crippen LogP contribution is 2.25. The average molecular weight is 297 g/mol. The highest BCUT2D eigenvalue weighted by molar-refractivity contribution is 5.36. The molecule has 0 spiro atoms. The van der Waals surface area contributed by atoms with Gasteiger partial charge in [0, 0.05) is 19.3 Å². The highest BCUT2D eigenvalue weighted by Gasteiger charge is 2.20. The lowest BCUT2D eigenvalue weighted by Crippen LogP contribution is -2.35. The summed E-state index contributed by atoms with van der Waals surface area (Å²) in [5, 5.41) is 0. The van der Waals surface area contributed by atoms with Crippen LogP contribution in [0.25, 0.3) is 0 Å². The van der Waals surface area contributed by atoms with Crippen LogP contribution in [0.1, 0.15) is 24.1 Å². The zero-order valence-electron chi connectivity index (χ0n) is 13.3. The summed E-state index contributed by atoms with van der Waals surface area (Å²) in [6, 6.07) is 8.45. The molecule has 0 saturated carbocycles. The van der Waals surface area contributed by atoms with Crippen LogP contribution >= 0.6 is 0 Å². The zero-order chi connectivity index (χ0) is 15.4. The van der Waals surface area contributed by atoms with Crippen molar-refractivity contribution >= 4 is 5.82 Å². The largest absolute Gasteiger partial charge is 0.497 e. The Balaban J connectivity index is 1.55. The summed E-state index contributed by atoms with van der Waals surface area (Å²) in [6.07, 6.45) is 7.25. The molecular formula is C18H23N3O. The normalized spacial score (nSPS) is 15.8. The minimum atomic E-state index is 0.752. The minimum absolute atomic E-state index is 0.752. The number of hydrogen-bond donors (Lipinski definition) is 0. The standard InChI is InChI=1S/C18H23N3O/c1-14-12-19-13-18(20-14)21-9-7-16(8-10-21)11-15-3-5-17(22-2)6-4-15/h3-6,12-13,16H,7-11H2,1-2H3. The Morgan fingerprint density at radius 2 is 1.86 bits per heavy atom. The molecule has 4 heteroatoms. The number of aromatic nitrogens is 2. The third-order valence-corrected chi connectivity index (χ3v) is 4.36. The van der Waals surface area contributed by atoms with Gasteiger partial charge in [-0.3, -0.25) is 4.98 Å². The summed E-state index contributed by atoms with van der Waals surface area (Å²) in [6.45, 7) is 4.13. The molecule has 1 aromatic heterocycles. The zero-order valence-corrected chi connectivity index (χ0v) is 13.3. The molecule has 0 N–H and O–H groups in total. The molecule has 0 radical (unpaired) electrons. The van der Waals surface area contributed by atoms with E-state index in [0.717, 1.165) is 42.7 Å². The van der Waals surface area contributed by atoms with E-state index in [9.17, 15) is 0 Å². The molecule has 0 unspecified atom stereocenters. The summed E-state index contributed by atoms with van der Waals surface area (Å²) >= 11 is 0. The maximum Gasteiger partial charge on any atom is 0.147 e. The van der Waals surface area contributed by atoms with Gasteiger partial charge in [0.1, 0.15) is 11.6 Å². The number of rotatable bonds is 4. The minimum Gasteiger partial charge on any atom is -0.497 e. The van der Waals surface area contributed by atoms with Crippen LogP contribution in [0.3, 0.4) is 0 Å². The lowest BCUT2D eigenvalue weighted by Gasteiger charge is -2.32. The van der Waals surface area contributed by atoms with Crippen LogP contribution < -0.4 is 9.64 Å². The Hall–Kier alpha value is -2.10. The molecule has 0 aliphatic carbocycles. The fourth-order valence-corrected chi connectivity index (χ4v) is 3.06. The fraction of sp³-hybridized carbons (Fsp3) is 0.444. The first-order chi connectivity index (χ1) is 10.7. The lowest BCUT2D eigenvalue weighted by atomic mass is 9.90. The van der Waals surface area contributed by atoms with E-state index in [0.29, 0.717) is 0 Å². The van der Waals surface area contributed by atoms with Crippen molar-refractivity contribution in [1.82, 2.24) is 9.97 Å². The van der Waals surface area contributed by atoms with Crippen molar-refractivity contribution in [3.05, 3.63) is 47.9 Å². The molecule has 116 valence electrons. The van der Waals surface area contributed by atoms with E-state index in [1.807, 2.05) is 25.3 Å². The van der Waals surface area contributed by atoms with Gasteiger partial charge in [-0.15, -0.1) is 0 Å². The number of hydrogen-bond acceptors (Lipinski definition) is 4. The van der Waals surface area contributed by atoms with E-state index in [4.69, 9.17) is 4.74 Å². The van der Waals surface area contributed by atoms with E-state index < -0.39 is 0 Å². The number of ether oxygens (including phenoxy) is 1. The molecule has 1 fully saturated rings. The van der Waals surface area contributed by atoms with E-state index in [2.05, 4.69) is 27.0 Å². The molecule has 2 heterocycles. The Kier molecular flexibility index (Phi) is 4.56. The summed E-state index contributed by atoms with van der Waals surface area (Å²) in [4.78, 5) is 11.2. The number of aryl methyl sites for hydroxylation is 1. The molecule has 1 aliphatic heterocycles. The van der Waals surface area contributed by atoms with E-state index in [-0.39, 0.29) is 0 Å². The van der Waals surface area contributed by atoms with E-state index >= 15 is 0 Å². The quantitative estimate of drug-likeness (QED) is 0.868. The molecule has 0 amide bonds. The number of benzene rings is 1. The second-order valence-electron chi connectivity index (χ2n) is 6.00. The van der Waals surface area contributed by atoms with Crippen LogP contribution in [0.4, 0.5) is 5.82 Å². The Morgan fingerprint density at radius 1 is 1.14 bits per heavy atom. The molecule has 1 aliphatic rings. The number of piperidine rings is 1. The fourth-order valence-electron chi connectivity index (χ4n) is 3.06. The van der Waals surface area contributed by atoms with Crippen molar-refractivity contribution in [1.29, 1.82) is 0 Å². The van der Waals surface area contributed by atoms with Gasteiger partial charge in [-0.1, -0.05) is 12.1 Å². The summed E-state index contributed by atoms with van der Waals surface area (Å²) in [5.41, 5.74) is 2.38. The summed E-state index contributed by atoms with van der Waals surface area (Å²) < 4.78 is 5.21. The molecule has 22 heavy (non-hydrogen) atoms. The maximum absolute atomic E-state index is 5.21. The molecule has 0 bridgehead atoms. The van der Waals surface area contributed by atoms with Crippen molar-refractivity contribution in [2.24, 2.45) is 5.92 Å². The van der Waals surface area contributed by atoms with Gasteiger partial charge < -0.3 is 9.64 Å². The predicted molar refractivity (Wildman–Crippen MR) is 88.4 cm³/mol. The van der Waals surface area contributed by atoms with Gasteiger partial charge in [-0.2, -0.15) is 0 Å². The first-order valence-electron chi connectivity index (χ1n) is 7.91. The van der Waals surface area contributed by atoms with Gasteiger partial charge in [0.25, 0.3) is 0 Å². The second-order valence-corrected chi connectivity index (χ2v) is 6.00. The van der Waals surface area contributed by atoms with Gasteiger partial charge in [0.15, 0.2) is 0 Å². The molecule has 0 atom stereocenters. The number of nitrogens with zero attached hydrogens (tertiary/aromatic N) is 3. The van der Waals surface area contributed by atoms with E-state index in [1.54, 1.807) is 13.3 Å². The molecule has 4 nitrogen and oxygen atoms in total. The van der Waals surface area contributed by atoms with E-state index in [1.165, 1.54) is 18.4 Å². The van der Waals surface area contributed by atoms with Crippen LogP contribution in [0.15, 0.2) is 36.7 Å². The first kappa shape index (κ1) is 14.8. The Bertz CT molecular complexity index is 604. The number of anilines is 1. The third kappa shape index (κ3) is 3.56. The van der Waals surface area contributed by atoms with Gasteiger partial charge in [-0.25, -0.2) is 4.98 Å². The lowest BCUT2D eigenvalue weighted by molar-refractivity contribution is 0.400. The van der Waals surface area contributed by atoms with Gasteiger partial charge in [-0.05, 0) is 49.8 Å². The molecule has 1 saturated heterocycles. The van der Waals surface area contributed by atoms with Crippen LogP contribution in [-0.2, 0) is 6.42 Å². The van der Waals surface area contributed by atoms with Crippen LogP contribution in [0, 0.1) is 12.8 Å². The predicted octanol–water partition coefficient (Wildman–Crippen LogP) is 3.25. The number of methoxy groups -OCH3 is 1. The van der Waals surface area contributed by atoms with Crippen molar-refractivity contribution < 1.29 is 4.74 Å². The molecular weight excluding hydrogens is 274 g/mol. The monoisotopic (exact) mass is 297 g/mol. The van der Waals surface area contributed by atoms with Crippen LogP contribution in [-0.4, -0.2) is 30.2 Å². The van der Waals surface area contributed by atoms with Crippen molar-refractivity contribution in [2.75, 3.05) is 25.1 Å². The highest BCUT2D eigenvalue weighted by atomic mass is 16.5. The van der Waals surface area contributed by atoms with Crippen molar-refractivity contribution in [3.8, 4) is 5.75 Å². The maximum atomic E-state index is 5.21. The third-order valence-electron chi connectivity index (χ3n) is 4.36. The SMILES string of the molecule is COc1ccc(CC2CCN(c3cncc(C)n3)CC2)cc1. The van der Waals surface area contributed by atoms with Crippen molar-refractivity contribution in [3.63, 3.8) is 0 Å². The van der Waals surface area contributed by atoms with Gasteiger partial charge in [0.2, 0.25) is 0 Å². The van der Waals surface area contributed by atoms with Crippen LogP contribution in [0.2, 0.25) is 0 Å². The smallest absolute Gasteiger partial charge is 0.147 e. The topological polar surface area (TPSA) is 38.2 Å². The molecule has 1 aromatic carbocycles. The Morgan fingerprint density at radius 3 is 2.50 bits per heavy atom. The Labute approximate surface area is 132 Å². The summed E-state index contributed by atoms with van der Waals surface area (Å²) in [5.74, 6) is 2.70. The summed E-state index contributed by atoms with van der Waals surface area (Å²) in [7, 11) is 1.71. The van der Waals surface area contributed by atoms with Crippen molar-refractivity contribution in [2.45, 2.75) is 26.2 Å². The van der Waals surface area contributed by atoms with Gasteiger partial charge in [0.05, 0.1) is 19.0 Å². The van der Waals surface area contributed by atoms with Gasteiger partial charge >= 0.3 is 0 Å². The second kappa shape index (κ2) is 6.77. The first-order valence-corrected chi connectivity index (χ1v) is 7.91. The molecule has 2 aromatic rings. The average Bonchev–Trinajstić information content (AvgIpc) is 2.56. The molecule has 3 rings (SSSR count). The van der Waals surface area contributed by atoms with Crippen LogP contribution in [0.5, 0.6) is 5.75 Å².